The zero-order valence-corrected chi connectivity index (χ0v) is 15.3. The van der Waals surface area contributed by atoms with Crippen molar-refractivity contribution in [3.63, 3.8) is 0 Å². The van der Waals surface area contributed by atoms with Gasteiger partial charge in [0, 0.05) is 6.54 Å². The monoisotopic (exact) mass is 404 g/mol. The number of rotatable bonds is 7. The van der Waals surface area contributed by atoms with Gasteiger partial charge in [0.05, 0.1) is 6.26 Å². The van der Waals surface area contributed by atoms with Crippen molar-refractivity contribution in [1.29, 1.82) is 0 Å². The molecule has 1 unspecified atom stereocenters. The van der Waals surface area contributed by atoms with Crippen LogP contribution in [0.1, 0.15) is 22.9 Å². The standard InChI is InChI=1S/C21H19F3N2O3/c22-21(23,24)14-29-17-10-8-15(9-11-17)13-25-20(27)26-19(18-7-4-12-28-18)16-5-2-1-3-6-16/h1-12,19H,13-14H2,(H2,25,26,27). The number of hydrogen-bond acceptors (Lipinski definition) is 3. The van der Waals surface area contributed by atoms with Gasteiger partial charge in [0.25, 0.3) is 0 Å². The predicted molar refractivity (Wildman–Crippen MR) is 100 cm³/mol. The number of furan rings is 1. The Bertz CT molecular complexity index is 895. The topological polar surface area (TPSA) is 63.5 Å². The number of carbonyl (C=O) groups is 1. The molecular formula is C21H19F3N2O3. The molecule has 2 amide bonds. The zero-order valence-electron chi connectivity index (χ0n) is 15.3. The molecule has 0 saturated carbocycles. The average Bonchev–Trinajstić information content (AvgIpc) is 3.24. The van der Waals surface area contributed by atoms with Crippen LogP contribution in [-0.4, -0.2) is 18.8 Å². The number of nitrogens with one attached hydrogen (secondary N) is 2. The summed E-state index contributed by atoms with van der Waals surface area (Å²) >= 11 is 0. The maximum Gasteiger partial charge on any atom is 0.422 e. The smallest absolute Gasteiger partial charge is 0.422 e. The van der Waals surface area contributed by atoms with Crippen LogP contribution in [0.15, 0.2) is 77.4 Å². The summed E-state index contributed by atoms with van der Waals surface area (Å²) in [6.07, 6.45) is -2.85. The van der Waals surface area contributed by atoms with Gasteiger partial charge in [0.1, 0.15) is 17.6 Å². The quantitative estimate of drug-likeness (QED) is 0.594. The van der Waals surface area contributed by atoms with E-state index in [2.05, 4.69) is 15.4 Å². The van der Waals surface area contributed by atoms with Gasteiger partial charge in [0.2, 0.25) is 0 Å². The lowest BCUT2D eigenvalue weighted by atomic mass is 10.1. The second-order valence-electron chi connectivity index (χ2n) is 6.23. The Morgan fingerprint density at radius 3 is 2.34 bits per heavy atom. The molecule has 0 aliphatic heterocycles. The van der Waals surface area contributed by atoms with Gasteiger partial charge in [-0.25, -0.2) is 4.79 Å². The molecule has 29 heavy (non-hydrogen) atoms. The molecular weight excluding hydrogens is 385 g/mol. The fraction of sp³-hybridized carbons (Fsp3) is 0.190. The van der Waals surface area contributed by atoms with Crippen LogP contribution < -0.4 is 15.4 Å². The molecule has 0 aliphatic rings. The third kappa shape index (κ3) is 6.31. The van der Waals surface area contributed by atoms with Crippen LogP contribution >= 0.6 is 0 Å². The van der Waals surface area contributed by atoms with E-state index in [1.165, 1.54) is 18.4 Å². The number of amides is 2. The highest BCUT2D eigenvalue weighted by Gasteiger charge is 2.28. The first-order chi connectivity index (χ1) is 13.9. The summed E-state index contributed by atoms with van der Waals surface area (Å²) in [5.74, 6) is 0.704. The Hall–Kier alpha value is -3.42. The van der Waals surface area contributed by atoms with E-state index in [0.717, 1.165) is 5.56 Å². The molecule has 5 nitrogen and oxygen atoms in total. The summed E-state index contributed by atoms with van der Waals surface area (Å²) in [6, 6.07) is 18.1. The van der Waals surface area contributed by atoms with Gasteiger partial charge in [-0.1, -0.05) is 42.5 Å². The molecule has 3 aromatic rings. The Morgan fingerprint density at radius 2 is 1.72 bits per heavy atom. The molecule has 152 valence electrons. The molecule has 1 aromatic heterocycles. The van der Waals surface area contributed by atoms with Crippen LogP contribution in [0.2, 0.25) is 0 Å². The van der Waals surface area contributed by atoms with Gasteiger partial charge >= 0.3 is 12.2 Å². The Balaban J connectivity index is 1.56. The van der Waals surface area contributed by atoms with Crippen LogP contribution in [-0.2, 0) is 6.54 Å². The summed E-state index contributed by atoms with van der Waals surface area (Å²) in [5.41, 5.74) is 1.58. The number of alkyl halides is 3. The molecule has 0 aliphatic carbocycles. The lowest BCUT2D eigenvalue weighted by molar-refractivity contribution is -0.153. The van der Waals surface area contributed by atoms with E-state index in [1.807, 2.05) is 30.3 Å². The summed E-state index contributed by atoms with van der Waals surface area (Å²) in [4.78, 5) is 12.4. The van der Waals surface area contributed by atoms with Gasteiger partial charge in [-0.05, 0) is 35.4 Å². The van der Waals surface area contributed by atoms with Crippen LogP contribution in [0.25, 0.3) is 0 Å². The number of carbonyl (C=O) groups excluding carboxylic acids is 1. The van der Waals surface area contributed by atoms with Gasteiger partial charge in [-0.15, -0.1) is 0 Å². The number of urea groups is 1. The Kier molecular flexibility index (Phi) is 6.43. The van der Waals surface area contributed by atoms with E-state index in [0.29, 0.717) is 11.3 Å². The minimum Gasteiger partial charge on any atom is -0.484 e. The fourth-order valence-corrected chi connectivity index (χ4v) is 2.65. The molecule has 3 rings (SSSR count). The zero-order chi connectivity index (χ0) is 20.7. The van der Waals surface area contributed by atoms with Crippen molar-refractivity contribution in [1.82, 2.24) is 10.6 Å². The SMILES string of the molecule is O=C(NCc1ccc(OCC(F)(F)F)cc1)NC(c1ccccc1)c1ccco1. The summed E-state index contributed by atoms with van der Waals surface area (Å²) in [5, 5.41) is 5.59. The highest BCUT2D eigenvalue weighted by Crippen LogP contribution is 2.22. The average molecular weight is 404 g/mol. The van der Waals surface area contributed by atoms with E-state index in [1.54, 1.807) is 24.3 Å². The van der Waals surface area contributed by atoms with Crippen LogP contribution in [0.5, 0.6) is 5.75 Å². The molecule has 1 heterocycles. The van der Waals surface area contributed by atoms with Gasteiger partial charge in [-0.2, -0.15) is 13.2 Å². The summed E-state index contributed by atoms with van der Waals surface area (Å²) in [7, 11) is 0. The van der Waals surface area contributed by atoms with Gasteiger partial charge in [-0.3, -0.25) is 0 Å². The largest absolute Gasteiger partial charge is 0.484 e. The van der Waals surface area contributed by atoms with Crippen molar-refractivity contribution >= 4 is 6.03 Å². The molecule has 8 heteroatoms. The van der Waals surface area contributed by atoms with E-state index in [9.17, 15) is 18.0 Å². The first-order valence-electron chi connectivity index (χ1n) is 8.82. The van der Waals surface area contributed by atoms with Crippen molar-refractivity contribution in [3.8, 4) is 5.75 Å². The first-order valence-corrected chi connectivity index (χ1v) is 8.82. The lowest BCUT2D eigenvalue weighted by Crippen LogP contribution is -2.37. The third-order valence-corrected chi connectivity index (χ3v) is 4.01. The maximum absolute atomic E-state index is 12.4. The highest BCUT2D eigenvalue weighted by molar-refractivity contribution is 5.74. The Labute approximate surface area is 165 Å². The molecule has 0 fully saturated rings. The highest BCUT2D eigenvalue weighted by atomic mass is 19.4. The molecule has 0 saturated heterocycles. The first kappa shape index (κ1) is 20.3. The van der Waals surface area contributed by atoms with E-state index in [-0.39, 0.29) is 12.3 Å². The number of hydrogen-bond donors (Lipinski definition) is 2. The third-order valence-electron chi connectivity index (χ3n) is 4.01. The number of halogens is 3. The molecule has 2 N–H and O–H groups in total. The van der Waals surface area contributed by atoms with Gasteiger partial charge in [0.15, 0.2) is 6.61 Å². The van der Waals surface area contributed by atoms with Gasteiger partial charge < -0.3 is 19.8 Å². The van der Waals surface area contributed by atoms with Crippen molar-refractivity contribution in [2.24, 2.45) is 0 Å². The van der Waals surface area contributed by atoms with Crippen molar-refractivity contribution in [2.45, 2.75) is 18.8 Å². The molecule has 0 bridgehead atoms. The lowest BCUT2D eigenvalue weighted by Gasteiger charge is -2.18. The van der Waals surface area contributed by atoms with Crippen LogP contribution in [0.4, 0.5) is 18.0 Å². The molecule has 0 radical (unpaired) electrons. The predicted octanol–water partition coefficient (Wildman–Crippen LogP) is 4.81. The van der Waals surface area contributed by atoms with Crippen LogP contribution in [0, 0.1) is 0 Å². The number of ether oxygens (including phenoxy) is 1. The van der Waals surface area contributed by atoms with Crippen molar-refractivity contribution < 1.29 is 27.1 Å². The maximum atomic E-state index is 12.4. The van der Waals surface area contributed by atoms with E-state index in [4.69, 9.17) is 4.42 Å². The van der Waals surface area contributed by atoms with E-state index < -0.39 is 24.9 Å². The number of benzene rings is 2. The normalized spacial score (nSPS) is 12.2. The molecule has 0 spiro atoms. The second kappa shape index (κ2) is 9.18. The molecule has 2 aromatic carbocycles. The second-order valence-corrected chi connectivity index (χ2v) is 6.23. The summed E-state index contributed by atoms with van der Waals surface area (Å²) < 4.78 is 46.6. The minimum atomic E-state index is -4.39. The Morgan fingerprint density at radius 1 is 1.00 bits per heavy atom. The molecule has 1 atom stereocenters. The van der Waals surface area contributed by atoms with E-state index >= 15 is 0 Å². The summed E-state index contributed by atoms with van der Waals surface area (Å²) in [6.45, 7) is -1.15. The van der Waals surface area contributed by atoms with Crippen molar-refractivity contribution in [2.75, 3.05) is 6.61 Å². The van der Waals surface area contributed by atoms with Crippen molar-refractivity contribution in [3.05, 3.63) is 89.9 Å². The van der Waals surface area contributed by atoms with Crippen LogP contribution in [0.3, 0.4) is 0 Å². The minimum absolute atomic E-state index is 0.109. The fourth-order valence-electron chi connectivity index (χ4n) is 2.65.